The molecule has 8 heteroatoms. The number of rotatable bonds is 5. The average molecular weight is 729 g/mol. The van der Waals surface area contributed by atoms with Gasteiger partial charge < -0.3 is 9.80 Å². The quantitative estimate of drug-likeness (QED) is 0.173. The summed E-state index contributed by atoms with van der Waals surface area (Å²) < 4.78 is 0. The average Bonchev–Trinajstić information content (AvgIpc) is 3.24. The molecule has 1 aromatic heterocycles. The molecule has 0 N–H and O–H groups in total. The van der Waals surface area contributed by atoms with E-state index < -0.39 is 0 Å². The zero-order chi connectivity index (χ0) is 36.0. The molecule has 0 saturated carbocycles. The van der Waals surface area contributed by atoms with Crippen molar-refractivity contribution in [2.75, 3.05) is 9.80 Å². The first-order valence-corrected chi connectivity index (χ1v) is 19.1. The summed E-state index contributed by atoms with van der Waals surface area (Å²) >= 11 is 3.59. The summed E-state index contributed by atoms with van der Waals surface area (Å²) in [7, 11) is 0. The number of para-hydroxylation sites is 4. The highest BCUT2D eigenvalue weighted by Gasteiger charge is 2.26. The molecule has 0 spiro atoms. The van der Waals surface area contributed by atoms with Crippen LogP contribution in [0.3, 0.4) is 0 Å². The highest BCUT2D eigenvalue weighted by molar-refractivity contribution is 8.00. The third-order valence-corrected chi connectivity index (χ3v) is 11.8. The summed E-state index contributed by atoms with van der Waals surface area (Å²) in [5.41, 5.74) is 9.85. The van der Waals surface area contributed by atoms with Crippen molar-refractivity contribution in [2.45, 2.75) is 19.6 Å². The fourth-order valence-electron chi connectivity index (χ4n) is 6.94. The van der Waals surface area contributed by atoms with Crippen LogP contribution in [0.25, 0.3) is 34.2 Å². The Labute approximate surface area is 321 Å². The minimum absolute atomic E-state index is 0.541. The van der Waals surface area contributed by atoms with Crippen LogP contribution < -0.4 is 9.80 Å². The van der Waals surface area contributed by atoms with Crippen LogP contribution in [0.15, 0.2) is 189 Å². The van der Waals surface area contributed by atoms with Gasteiger partial charge >= 0.3 is 0 Å². The largest absolute Gasteiger partial charge is 0.308 e. The van der Waals surface area contributed by atoms with Gasteiger partial charge in [-0.15, -0.1) is 0 Å². The SMILES string of the molecule is N#Cc1ccc(-c2nc(-c3ccc(N4c5ccccc5Sc5ccccc54)cc3)nc(-c3ccc(N4c5ccccc5Sc5ccccc54)cc3)n2)cc1. The van der Waals surface area contributed by atoms with E-state index in [0.29, 0.717) is 23.0 Å². The molecule has 0 bridgehead atoms. The van der Waals surface area contributed by atoms with Gasteiger partial charge in [0.2, 0.25) is 0 Å². The second kappa shape index (κ2) is 13.4. The lowest BCUT2D eigenvalue weighted by Gasteiger charge is -2.32. The Kier molecular flexibility index (Phi) is 7.94. The van der Waals surface area contributed by atoms with Crippen molar-refractivity contribution in [3.05, 3.63) is 175 Å². The number of benzene rings is 7. The molecule has 54 heavy (non-hydrogen) atoms. The van der Waals surface area contributed by atoms with Crippen molar-refractivity contribution in [3.63, 3.8) is 0 Å². The molecule has 0 saturated heterocycles. The second-order valence-corrected chi connectivity index (χ2v) is 15.0. The van der Waals surface area contributed by atoms with Crippen LogP contribution in [0.4, 0.5) is 34.1 Å². The summed E-state index contributed by atoms with van der Waals surface area (Å²) in [5, 5.41) is 9.43. The minimum atomic E-state index is 0.541. The summed E-state index contributed by atoms with van der Waals surface area (Å²) in [5.74, 6) is 1.68. The number of aromatic nitrogens is 3. The maximum atomic E-state index is 9.43. The number of hydrogen-bond acceptors (Lipinski definition) is 8. The number of anilines is 6. The zero-order valence-electron chi connectivity index (χ0n) is 28.7. The lowest BCUT2D eigenvalue weighted by Crippen LogP contribution is -2.14. The molecule has 0 fully saturated rings. The van der Waals surface area contributed by atoms with Gasteiger partial charge in [-0.25, -0.2) is 15.0 Å². The third kappa shape index (κ3) is 5.67. The van der Waals surface area contributed by atoms with E-state index in [2.05, 4.69) is 161 Å². The Morgan fingerprint density at radius 3 is 0.981 bits per heavy atom. The van der Waals surface area contributed by atoms with Gasteiger partial charge in [0.1, 0.15) is 0 Å². The van der Waals surface area contributed by atoms with E-state index in [4.69, 9.17) is 15.0 Å². The number of fused-ring (bicyclic) bond motifs is 4. The van der Waals surface area contributed by atoms with Crippen LogP contribution >= 0.6 is 23.5 Å². The van der Waals surface area contributed by atoms with Gasteiger partial charge in [-0.1, -0.05) is 72.1 Å². The molecule has 0 amide bonds. The van der Waals surface area contributed by atoms with Crippen LogP contribution in [-0.2, 0) is 0 Å². The third-order valence-electron chi connectivity index (χ3n) is 9.54. The van der Waals surface area contributed by atoms with Crippen LogP contribution in [-0.4, -0.2) is 15.0 Å². The van der Waals surface area contributed by atoms with E-state index >= 15 is 0 Å². The molecule has 8 aromatic rings. The lowest BCUT2D eigenvalue weighted by molar-refractivity contribution is 1.07. The molecule has 2 aliphatic rings. The molecule has 254 valence electrons. The summed E-state index contributed by atoms with van der Waals surface area (Å²) in [6, 6.07) is 60.5. The number of nitrogens with zero attached hydrogens (tertiary/aromatic N) is 6. The topological polar surface area (TPSA) is 68.9 Å². The molecule has 7 aromatic carbocycles. The van der Waals surface area contributed by atoms with E-state index in [1.165, 1.54) is 19.6 Å². The van der Waals surface area contributed by atoms with Gasteiger partial charge in [-0.2, -0.15) is 5.26 Å². The number of hydrogen-bond donors (Lipinski definition) is 0. The van der Waals surface area contributed by atoms with Gasteiger partial charge in [-0.05, 0) is 121 Å². The molecular weight excluding hydrogens is 701 g/mol. The highest BCUT2D eigenvalue weighted by Crippen LogP contribution is 2.52. The predicted molar refractivity (Wildman–Crippen MR) is 218 cm³/mol. The van der Waals surface area contributed by atoms with Gasteiger partial charge in [0.25, 0.3) is 0 Å². The molecule has 2 aliphatic heterocycles. The molecule has 0 atom stereocenters. The molecule has 3 heterocycles. The van der Waals surface area contributed by atoms with Gasteiger partial charge in [0.05, 0.1) is 34.4 Å². The van der Waals surface area contributed by atoms with E-state index in [9.17, 15) is 5.26 Å². The fraction of sp³-hybridized carbons (Fsp3) is 0. The first-order valence-electron chi connectivity index (χ1n) is 17.5. The standard InChI is InChI=1S/C46H28N6S2/c47-29-30-17-19-31(20-18-30)44-48-45(32-21-25-34(26-22-32)51-36-9-1-5-13-40(36)53-41-14-6-2-10-37(41)51)50-46(49-44)33-23-27-35(28-24-33)52-38-11-3-7-15-42(38)54-43-16-8-4-12-39(43)52/h1-28H. The summed E-state index contributed by atoms with van der Waals surface area (Å²) in [6.45, 7) is 0. The van der Waals surface area contributed by atoms with Crippen molar-refractivity contribution >= 4 is 57.6 Å². The zero-order valence-corrected chi connectivity index (χ0v) is 30.3. The fourth-order valence-corrected chi connectivity index (χ4v) is 9.06. The maximum Gasteiger partial charge on any atom is 0.164 e. The van der Waals surface area contributed by atoms with Gasteiger partial charge in [0.15, 0.2) is 17.5 Å². The van der Waals surface area contributed by atoms with E-state index in [0.717, 1.165) is 50.8 Å². The maximum absolute atomic E-state index is 9.43. The number of nitriles is 1. The Balaban J connectivity index is 1.04. The Bertz CT molecular complexity index is 2490. The van der Waals surface area contributed by atoms with E-state index in [1.807, 2.05) is 12.1 Å². The molecule has 0 radical (unpaired) electrons. The molecule has 0 aliphatic carbocycles. The van der Waals surface area contributed by atoms with Crippen LogP contribution in [0.5, 0.6) is 0 Å². The van der Waals surface area contributed by atoms with E-state index in [1.54, 1.807) is 35.7 Å². The van der Waals surface area contributed by atoms with Crippen molar-refractivity contribution in [2.24, 2.45) is 0 Å². The Morgan fingerprint density at radius 1 is 0.370 bits per heavy atom. The summed E-state index contributed by atoms with van der Waals surface area (Å²) in [4.78, 5) is 24.5. The summed E-state index contributed by atoms with van der Waals surface area (Å²) in [6.07, 6.45) is 0. The van der Waals surface area contributed by atoms with Crippen molar-refractivity contribution in [1.29, 1.82) is 5.26 Å². The van der Waals surface area contributed by atoms with Crippen molar-refractivity contribution in [1.82, 2.24) is 15.0 Å². The Morgan fingerprint density at radius 2 is 0.667 bits per heavy atom. The normalized spacial score (nSPS) is 12.6. The lowest BCUT2D eigenvalue weighted by atomic mass is 10.1. The smallest absolute Gasteiger partial charge is 0.164 e. The van der Waals surface area contributed by atoms with Crippen LogP contribution in [0.2, 0.25) is 0 Å². The minimum Gasteiger partial charge on any atom is -0.308 e. The predicted octanol–water partition coefficient (Wildman–Crippen LogP) is 12.6. The van der Waals surface area contributed by atoms with Crippen LogP contribution in [0.1, 0.15) is 5.56 Å². The first-order chi connectivity index (χ1) is 26.7. The first kappa shape index (κ1) is 32.0. The highest BCUT2D eigenvalue weighted by atomic mass is 32.2. The Hall–Kier alpha value is -6.66. The van der Waals surface area contributed by atoms with Crippen molar-refractivity contribution < 1.29 is 0 Å². The van der Waals surface area contributed by atoms with Crippen molar-refractivity contribution in [3.8, 4) is 40.2 Å². The van der Waals surface area contributed by atoms with E-state index in [-0.39, 0.29) is 0 Å². The molecule has 10 rings (SSSR count). The molecule has 6 nitrogen and oxygen atoms in total. The van der Waals surface area contributed by atoms with Gasteiger partial charge in [0, 0.05) is 47.6 Å². The van der Waals surface area contributed by atoms with Crippen LogP contribution in [0, 0.1) is 11.3 Å². The van der Waals surface area contributed by atoms with Gasteiger partial charge in [-0.3, -0.25) is 0 Å². The second-order valence-electron chi connectivity index (χ2n) is 12.8. The monoisotopic (exact) mass is 728 g/mol. The molecular formula is C46H28N6S2. The molecule has 0 unspecified atom stereocenters.